The molecule has 25 heavy (non-hydrogen) atoms. The van der Waals surface area contributed by atoms with Crippen LogP contribution < -0.4 is 10.6 Å². The standard InChI is InChI=1S/C19H16Cl2N2O2/c20-16-9-8-13(10-17(16)21)23-19(25)22-11-18(24)15-7-3-5-12-4-1-2-6-14(12)15/h1-10,18,24H,11H2,(H2,22,23,25). The maximum Gasteiger partial charge on any atom is 0.319 e. The van der Waals surface area contributed by atoms with Gasteiger partial charge in [-0.05, 0) is 34.5 Å². The number of aliphatic hydroxyl groups is 1. The summed E-state index contributed by atoms with van der Waals surface area (Å²) in [5.41, 5.74) is 1.29. The molecule has 1 atom stereocenters. The Morgan fingerprint density at radius 2 is 1.76 bits per heavy atom. The number of urea groups is 1. The zero-order valence-electron chi connectivity index (χ0n) is 13.2. The van der Waals surface area contributed by atoms with E-state index in [-0.39, 0.29) is 6.54 Å². The van der Waals surface area contributed by atoms with Crippen LogP contribution in [0.3, 0.4) is 0 Å². The van der Waals surface area contributed by atoms with E-state index in [0.717, 1.165) is 16.3 Å². The van der Waals surface area contributed by atoms with Gasteiger partial charge in [0.1, 0.15) is 0 Å². The van der Waals surface area contributed by atoms with Gasteiger partial charge in [-0.2, -0.15) is 0 Å². The lowest BCUT2D eigenvalue weighted by Gasteiger charge is -2.15. The number of carbonyl (C=O) groups excluding carboxylic acids is 1. The predicted molar refractivity (Wildman–Crippen MR) is 102 cm³/mol. The second kappa shape index (κ2) is 7.74. The molecular formula is C19H16Cl2N2O2. The van der Waals surface area contributed by atoms with E-state index >= 15 is 0 Å². The quantitative estimate of drug-likeness (QED) is 0.601. The van der Waals surface area contributed by atoms with Crippen molar-refractivity contribution >= 4 is 45.7 Å². The Morgan fingerprint density at radius 3 is 2.56 bits per heavy atom. The minimum absolute atomic E-state index is 0.0845. The van der Waals surface area contributed by atoms with Crippen LogP contribution in [0, 0.1) is 0 Å². The lowest BCUT2D eigenvalue weighted by Crippen LogP contribution is -2.32. The largest absolute Gasteiger partial charge is 0.387 e. The smallest absolute Gasteiger partial charge is 0.319 e. The molecule has 3 N–H and O–H groups in total. The highest BCUT2D eigenvalue weighted by atomic mass is 35.5. The van der Waals surface area contributed by atoms with E-state index in [0.29, 0.717) is 15.7 Å². The van der Waals surface area contributed by atoms with E-state index < -0.39 is 12.1 Å². The third kappa shape index (κ3) is 4.23. The molecule has 3 aromatic carbocycles. The molecule has 3 aromatic rings. The number of amides is 2. The Kier molecular flexibility index (Phi) is 5.43. The minimum atomic E-state index is -0.814. The molecule has 1 unspecified atom stereocenters. The lowest BCUT2D eigenvalue weighted by molar-refractivity contribution is 0.176. The number of nitrogens with one attached hydrogen (secondary N) is 2. The van der Waals surface area contributed by atoms with E-state index in [1.807, 2.05) is 42.5 Å². The Labute approximate surface area is 155 Å². The van der Waals surface area contributed by atoms with Crippen LogP contribution in [-0.4, -0.2) is 17.7 Å². The first-order valence-electron chi connectivity index (χ1n) is 7.70. The highest BCUT2D eigenvalue weighted by Crippen LogP contribution is 2.25. The zero-order chi connectivity index (χ0) is 17.8. The fraction of sp³-hybridized carbons (Fsp3) is 0.105. The SMILES string of the molecule is O=C(NCC(O)c1cccc2ccccc12)Nc1ccc(Cl)c(Cl)c1. The topological polar surface area (TPSA) is 61.4 Å². The summed E-state index contributed by atoms with van der Waals surface area (Å²) < 4.78 is 0. The van der Waals surface area contributed by atoms with Crippen molar-refractivity contribution in [2.45, 2.75) is 6.10 Å². The first-order valence-corrected chi connectivity index (χ1v) is 8.46. The summed E-state index contributed by atoms with van der Waals surface area (Å²) in [4.78, 5) is 12.0. The van der Waals surface area contributed by atoms with Gasteiger partial charge in [-0.15, -0.1) is 0 Å². The van der Waals surface area contributed by atoms with Crippen molar-refractivity contribution in [2.24, 2.45) is 0 Å². The lowest BCUT2D eigenvalue weighted by atomic mass is 10.0. The zero-order valence-corrected chi connectivity index (χ0v) is 14.7. The van der Waals surface area contributed by atoms with Crippen molar-refractivity contribution in [1.29, 1.82) is 0 Å². The van der Waals surface area contributed by atoms with Crippen LogP contribution in [0.2, 0.25) is 10.0 Å². The molecule has 0 aromatic heterocycles. The highest BCUT2D eigenvalue weighted by molar-refractivity contribution is 6.42. The van der Waals surface area contributed by atoms with Gasteiger partial charge in [0.2, 0.25) is 0 Å². The normalized spacial score (nSPS) is 12.0. The van der Waals surface area contributed by atoms with Crippen LogP contribution in [0.1, 0.15) is 11.7 Å². The summed E-state index contributed by atoms with van der Waals surface area (Å²) in [7, 11) is 0. The van der Waals surface area contributed by atoms with Crippen LogP contribution >= 0.6 is 23.2 Å². The second-order valence-electron chi connectivity index (χ2n) is 5.55. The van der Waals surface area contributed by atoms with E-state index in [2.05, 4.69) is 10.6 Å². The summed E-state index contributed by atoms with van der Waals surface area (Å²) in [5, 5.41) is 18.5. The summed E-state index contributed by atoms with van der Waals surface area (Å²) in [6, 6.07) is 17.9. The van der Waals surface area contributed by atoms with Crippen molar-refractivity contribution in [3.8, 4) is 0 Å². The number of benzene rings is 3. The Morgan fingerprint density at radius 1 is 1.00 bits per heavy atom. The molecular weight excluding hydrogens is 359 g/mol. The van der Waals surface area contributed by atoms with Gasteiger partial charge in [0, 0.05) is 12.2 Å². The Hall–Kier alpha value is -2.27. The first-order chi connectivity index (χ1) is 12.0. The van der Waals surface area contributed by atoms with Gasteiger partial charge < -0.3 is 15.7 Å². The Bertz CT molecular complexity index is 910. The summed E-state index contributed by atoms with van der Waals surface area (Å²) >= 11 is 11.8. The Balaban J connectivity index is 1.64. The second-order valence-corrected chi connectivity index (χ2v) is 6.36. The van der Waals surface area contributed by atoms with E-state index in [4.69, 9.17) is 23.2 Å². The third-order valence-corrected chi connectivity index (χ3v) is 4.55. The monoisotopic (exact) mass is 374 g/mol. The van der Waals surface area contributed by atoms with Crippen LogP contribution in [0.15, 0.2) is 60.7 Å². The molecule has 0 saturated carbocycles. The summed E-state index contributed by atoms with van der Waals surface area (Å²) in [6.07, 6.45) is -0.814. The van der Waals surface area contributed by atoms with Gasteiger partial charge in [0.25, 0.3) is 0 Å². The molecule has 3 rings (SSSR count). The highest BCUT2D eigenvalue weighted by Gasteiger charge is 2.12. The molecule has 0 radical (unpaired) electrons. The van der Waals surface area contributed by atoms with Crippen molar-refractivity contribution < 1.29 is 9.90 Å². The van der Waals surface area contributed by atoms with Crippen LogP contribution in [-0.2, 0) is 0 Å². The van der Waals surface area contributed by atoms with E-state index in [1.54, 1.807) is 18.2 Å². The third-order valence-electron chi connectivity index (χ3n) is 3.82. The molecule has 0 aliphatic rings. The van der Waals surface area contributed by atoms with Crippen molar-refractivity contribution in [1.82, 2.24) is 5.32 Å². The molecule has 6 heteroatoms. The number of fused-ring (bicyclic) bond motifs is 1. The first kappa shape index (κ1) is 17.5. The van der Waals surface area contributed by atoms with E-state index in [1.165, 1.54) is 0 Å². The molecule has 0 fully saturated rings. The average Bonchev–Trinajstić information content (AvgIpc) is 2.62. The van der Waals surface area contributed by atoms with Crippen LogP contribution in [0.25, 0.3) is 10.8 Å². The van der Waals surface area contributed by atoms with Gasteiger partial charge in [-0.3, -0.25) is 0 Å². The minimum Gasteiger partial charge on any atom is -0.387 e. The van der Waals surface area contributed by atoms with Gasteiger partial charge in [-0.1, -0.05) is 65.7 Å². The fourth-order valence-electron chi connectivity index (χ4n) is 2.59. The van der Waals surface area contributed by atoms with Crippen LogP contribution in [0.4, 0.5) is 10.5 Å². The number of carbonyl (C=O) groups is 1. The molecule has 0 aliphatic carbocycles. The molecule has 0 aliphatic heterocycles. The number of anilines is 1. The van der Waals surface area contributed by atoms with Gasteiger partial charge in [-0.25, -0.2) is 4.79 Å². The molecule has 0 bridgehead atoms. The number of hydrogen-bond acceptors (Lipinski definition) is 2. The number of halogens is 2. The van der Waals surface area contributed by atoms with E-state index in [9.17, 15) is 9.90 Å². The maximum absolute atomic E-state index is 12.0. The number of rotatable bonds is 4. The van der Waals surface area contributed by atoms with Gasteiger partial charge in [0.15, 0.2) is 0 Å². The molecule has 0 saturated heterocycles. The molecule has 0 spiro atoms. The van der Waals surface area contributed by atoms with Crippen LogP contribution in [0.5, 0.6) is 0 Å². The number of aliphatic hydroxyl groups excluding tert-OH is 1. The molecule has 0 heterocycles. The van der Waals surface area contributed by atoms with Crippen molar-refractivity contribution in [3.63, 3.8) is 0 Å². The molecule has 4 nitrogen and oxygen atoms in total. The predicted octanol–water partition coefficient (Wildman–Crippen LogP) is 5.00. The summed E-state index contributed by atoms with van der Waals surface area (Å²) in [5.74, 6) is 0. The average molecular weight is 375 g/mol. The molecule has 128 valence electrons. The maximum atomic E-state index is 12.0. The van der Waals surface area contributed by atoms with Gasteiger partial charge >= 0.3 is 6.03 Å². The fourth-order valence-corrected chi connectivity index (χ4v) is 2.89. The number of hydrogen-bond donors (Lipinski definition) is 3. The van der Waals surface area contributed by atoms with Gasteiger partial charge in [0.05, 0.1) is 16.1 Å². The summed E-state index contributed by atoms with van der Waals surface area (Å²) in [6.45, 7) is 0.0845. The van der Waals surface area contributed by atoms with Crippen molar-refractivity contribution in [2.75, 3.05) is 11.9 Å². The molecule has 2 amide bonds. The van der Waals surface area contributed by atoms with Crippen molar-refractivity contribution in [3.05, 3.63) is 76.3 Å².